The summed E-state index contributed by atoms with van der Waals surface area (Å²) in [7, 11) is -5.95. The second-order valence-electron chi connectivity index (χ2n) is 10.1. The Labute approximate surface area is 270 Å². The Kier molecular flexibility index (Phi) is 9.10. The minimum absolute atomic E-state index is 0.0308. The number of phenolic OH excluding ortho intramolecular Hbond substituents is 1. The van der Waals surface area contributed by atoms with Crippen LogP contribution in [0.25, 0.3) is 10.8 Å². The van der Waals surface area contributed by atoms with Crippen molar-refractivity contribution in [2.45, 2.75) is 16.7 Å². The smallest absolute Gasteiger partial charge is 0.296 e. The molecule has 242 valence electrons. The number of anilines is 2. The number of fused-ring (bicyclic) bond motifs is 1. The lowest BCUT2D eigenvalue weighted by Gasteiger charge is -2.11. The second kappa shape index (κ2) is 13.0. The number of ether oxygens (including phenoxy) is 2. The van der Waals surface area contributed by atoms with Gasteiger partial charge in [-0.3, -0.25) is 9.27 Å². The Morgan fingerprint density at radius 3 is 1.94 bits per heavy atom. The molecule has 47 heavy (non-hydrogen) atoms. The number of nitrogens with one attached hydrogen (secondary N) is 1. The van der Waals surface area contributed by atoms with Crippen LogP contribution in [0.2, 0.25) is 0 Å². The van der Waals surface area contributed by atoms with Gasteiger partial charge in [0, 0.05) is 28.9 Å². The van der Waals surface area contributed by atoms with Crippen molar-refractivity contribution in [2.24, 2.45) is 20.5 Å². The molecule has 0 atom stereocenters. The van der Waals surface area contributed by atoms with Gasteiger partial charge in [0.1, 0.15) is 33.5 Å². The normalized spacial score (nSPS) is 12.2. The van der Waals surface area contributed by atoms with Crippen molar-refractivity contribution in [3.8, 4) is 17.2 Å². The summed E-state index contributed by atoms with van der Waals surface area (Å²) < 4.78 is 73.1. The summed E-state index contributed by atoms with van der Waals surface area (Å²) in [5.41, 5.74) is 7.64. The summed E-state index contributed by atoms with van der Waals surface area (Å²) in [4.78, 5) is -0.652. The van der Waals surface area contributed by atoms with Crippen molar-refractivity contribution in [2.75, 3.05) is 24.7 Å². The third-order valence-electron chi connectivity index (χ3n) is 6.85. The Bertz CT molecular complexity index is 2260. The molecule has 0 radical (unpaired) electrons. The fraction of sp³-hybridized carbons (Fsp3) is 0.0968. The molecule has 0 unspecified atom stereocenters. The van der Waals surface area contributed by atoms with Crippen molar-refractivity contribution in [1.82, 2.24) is 0 Å². The molecule has 0 aliphatic carbocycles. The minimum atomic E-state index is -4.84. The number of phenols is 1. The average molecular weight is 677 g/mol. The lowest BCUT2D eigenvalue weighted by atomic mass is 10.1. The fourth-order valence-corrected chi connectivity index (χ4v) is 6.20. The van der Waals surface area contributed by atoms with E-state index in [1.54, 1.807) is 30.3 Å². The molecule has 5 aromatic rings. The topological polar surface area (TPSA) is 215 Å². The zero-order valence-corrected chi connectivity index (χ0v) is 26.7. The van der Waals surface area contributed by atoms with E-state index in [1.807, 2.05) is 6.92 Å². The standard InChI is InChI=1S/C31H28N6O8S2/c1-18-7-9-21(10-8-18)37-46(39,40)22-13-11-20(12-14-22)33-34-24-16-27(45-3)25(17-26(24)44-2)35-36-30-28(47(41,42)43)15-19-5-4-6-23(32)29(19)31(30)38/h4-17,37-38H,32H2,1-3H3,(H,41,42,43)/b34-33+,36-35+. The first kappa shape index (κ1) is 32.8. The van der Waals surface area contributed by atoms with Gasteiger partial charge < -0.3 is 20.3 Å². The highest BCUT2D eigenvalue weighted by atomic mass is 32.2. The number of hydrogen-bond acceptors (Lipinski definition) is 12. The number of aryl methyl sites for hydroxylation is 1. The van der Waals surface area contributed by atoms with Crippen LogP contribution in [-0.4, -0.2) is 40.7 Å². The molecule has 0 spiro atoms. The van der Waals surface area contributed by atoms with Crippen LogP contribution in [0.1, 0.15) is 5.56 Å². The van der Waals surface area contributed by atoms with E-state index in [0.29, 0.717) is 11.4 Å². The highest BCUT2D eigenvalue weighted by molar-refractivity contribution is 7.92. The molecule has 0 heterocycles. The van der Waals surface area contributed by atoms with E-state index in [9.17, 15) is 26.5 Å². The number of nitrogens with zero attached hydrogens (tertiary/aromatic N) is 4. The van der Waals surface area contributed by atoms with Crippen LogP contribution in [-0.2, 0) is 20.1 Å². The highest BCUT2D eigenvalue weighted by Gasteiger charge is 2.23. The molecule has 0 aliphatic heterocycles. The number of azo groups is 2. The van der Waals surface area contributed by atoms with Crippen molar-refractivity contribution in [3.63, 3.8) is 0 Å². The first-order valence-electron chi connectivity index (χ1n) is 13.6. The van der Waals surface area contributed by atoms with Gasteiger partial charge in [-0.05, 0) is 60.8 Å². The molecule has 0 saturated carbocycles. The highest BCUT2D eigenvalue weighted by Crippen LogP contribution is 2.45. The lowest BCUT2D eigenvalue weighted by molar-refractivity contribution is 0.405. The van der Waals surface area contributed by atoms with Crippen molar-refractivity contribution in [1.29, 1.82) is 0 Å². The maximum atomic E-state index is 12.8. The van der Waals surface area contributed by atoms with E-state index in [-0.39, 0.29) is 44.2 Å². The Hall–Kier alpha value is -5.58. The molecule has 14 nitrogen and oxygen atoms in total. The summed E-state index contributed by atoms with van der Waals surface area (Å²) >= 11 is 0. The van der Waals surface area contributed by atoms with Crippen molar-refractivity contribution >= 4 is 65.0 Å². The zero-order chi connectivity index (χ0) is 33.9. The molecule has 0 aliphatic rings. The fourth-order valence-electron chi connectivity index (χ4n) is 4.49. The molecule has 0 bridgehead atoms. The van der Waals surface area contributed by atoms with Gasteiger partial charge in [-0.1, -0.05) is 29.8 Å². The number of sulfonamides is 1. The van der Waals surface area contributed by atoms with Gasteiger partial charge >= 0.3 is 0 Å². The summed E-state index contributed by atoms with van der Waals surface area (Å²) in [5, 5.41) is 27.7. The Morgan fingerprint density at radius 2 is 1.36 bits per heavy atom. The van der Waals surface area contributed by atoms with Crippen LogP contribution in [0, 0.1) is 6.92 Å². The van der Waals surface area contributed by atoms with Gasteiger partial charge in [0.2, 0.25) is 0 Å². The molecule has 5 rings (SSSR count). The van der Waals surface area contributed by atoms with E-state index in [0.717, 1.165) is 11.6 Å². The molecule has 5 N–H and O–H groups in total. The number of nitrogen functional groups attached to an aromatic ring is 1. The summed E-state index contributed by atoms with van der Waals surface area (Å²) in [6.07, 6.45) is 0. The number of hydrogen-bond donors (Lipinski definition) is 4. The third-order valence-corrected chi connectivity index (χ3v) is 9.11. The summed E-state index contributed by atoms with van der Waals surface area (Å²) in [5.74, 6) is -0.301. The Balaban J connectivity index is 1.44. The maximum Gasteiger partial charge on any atom is 0.296 e. The molecular formula is C31H28N6O8S2. The van der Waals surface area contributed by atoms with Crippen LogP contribution in [0.3, 0.4) is 0 Å². The Morgan fingerprint density at radius 1 is 0.766 bits per heavy atom. The van der Waals surface area contributed by atoms with E-state index < -0.39 is 36.5 Å². The number of aromatic hydroxyl groups is 1. The maximum absolute atomic E-state index is 12.8. The monoisotopic (exact) mass is 676 g/mol. The quantitative estimate of drug-likeness (QED) is 0.0660. The lowest BCUT2D eigenvalue weighted by Crippen LogP contribution is -2.12. The SMILES string of the molecule is COc1cc(/N=N/c2c(S(=O)(=O)O)cc3cccc(N)c3c2O)c(OC)cc1/N=N/c1ccc(S(=O)(=O)Nc2ccc(C)cc2)cc1. The molecule has 0 aromatic heterocycles. The van der Waals surface area contributed by atoms with Gasteiger partial charge in [-0.2, -0.15) is 13.5 Å². The number of nitrogens with two attached hydrogens (primary N) is 1. The number of benzene rings is 5. The van der Waals surface area contributed by atoms with Gasteiger partial charge in [-0.15, -0.1) is 15.3 Å². The molecular weight excluding hydrogens is 649 g/mol. The van der Waals surface area contributed by atoms with E-state index in [4.69, 9.17) is 15.2 Å². The van der Waals surface area contributed by atoms with Gasteiger partial charge in [0.15, 0.2) is 5.75 Å². The van der Waals surface area contributed by atoms with E-state index in [1.165, 1.54) is 62.8 Å². The van der Waals surface area contributed by atoms with Crippen LogP contribution in [0.5, 0.6) is 17.2 Å². The predicted octanol–water partition coefficient (Wildman–Crippen LogP) is 7.33. The van der Waals surface area contributed by atoms with Crippen LogP contribution < -0.4 is 19.9 Å². The van der Waals surface area contributed by atoms with Crippen LogP contribution in [0.4, 0.5) is 34.1 Å². The number of methoxy groups -OCH3 is 2. The predicted molar refractivity (Wildman–Crippen MR) is 176 cm³/mol. The first-order valence-corrected chi connectivity index (χ1v) is 16.5. The first-order chi connectivity index (χ1) is 22.3. The van der Waals surface area contributed by atoms with Gasteiger partial charge in [0.25, 0.3) is 20.1 Å². The van der Waals surface area contributed by atoms with Crippen molar-refractivity contribution < 1.29 is 36.0 Å². The van der Waals surface area contributed by atoms with Crippen LogP contribution >= 0.6 is 0 Å². The minimum Gasteiger partial charge on any atom is -0.505 e. The molecule has 5 aromatic carbocycles. The largest absolute Gasteiger partial charge is 0.505 e. The zero-order valence-electron chi connectivity index (χ0n) is 25.1. The van der Waals surface area contributed by atoms with Crippen LogP contribution in [0.15, 0.2) is 115 Å². The number of rotatable bonds is 10. The molecule has 16 heteroatoms. The summed E-state index contributed by atoms with van der Waals surface area (Å²) in [6, 6.07) is 21.2. The average Bonchev–Trinajstić information content (AvgIpc) is 3.03. The molecule has 0 saturated heterocycles. The molecule has 0 amide bonds. The van der Waals surface area contributed by atoms with Gasteiger partial charge in [0.05, 0.1) is 24.8 Å². The molecule has 0 fully saturated rings. The van der Waals surface area contributed by atoms with E-state index in [2.05, 4.69) is 25.2 Å². The van der Waals surface area contributed by atoms with E-state index >= 15 is 0 Å². The van der Waals surface area contributed by atoms with Crippen molar-refractivity contribution in [3.05, 3.63) is 90.5 Å². The third kappa shape index (κ3) is 7.14. The summed E-state index contributed by atoms with van der Waals surface area (Å²) in [6.45, 7) is 1.90. The van der Waals surface area contributed by atoms with Gasteiger partial charge in [-0.25, -0.2) is 8.42 Å². The second-order valence-corrected chi connectivity index (χ2v) is 13.1.